The molecule has 0 amide bonds. The van der Waals surface area contributed by atoms with E-state index in [1.54, 1.807) is 12.1 Å². The second-order valence-corrected chi connectivity index (χ2v) is 7.76. The minimum absolute atomic E-state index is 0. The van der Waals surface area contributed by atoms with Crippen LogP contribution < -0.4 is 15.5 Å². The van der Waals surface area contributed by atoms with Crippen LogP contribution >= 0.6 is 24.0 Å². The third kappa shape index (κ3) is 6.57. The Bertz CT molecular complexity index is 1080. The van der Waals surface area contributed by atoms with Gasteiger partial charge in [0.25, 0.3) is 0 Å². The van der Waals surface area contributed by atoms with Gasteiger partial charge in [-0.3, -0.25) is 0 Å². The topological polar surface area (TPSA) is 64.7 Å². The molecular weight excluding hydrogens is 539 g/mol. The lowest BCUT2D eigenvalue weighted by Crippen LogP contribution is -2.38. The highest BCUT2D eigenvalue weighted by Gasteiger charge is 2.15. The molecule has 6 nitrogen and oxygen atoms in total. The molecule has 1 aromatic heterocycles. The van der Waals surface area contributed by atoms with E-state index in [1.165, 1.54) is 12.1 Å². The van der Waals surface area contributed by atoms with Crippen molar-refractivity contribution < 1.29 is 13.5 Å². The van der Waals surface area contributed by atoms with Crippen LogP contribution in [0.2, 0.25) is 0 Å². The number of aromatic nitrogens is 1. The van der Waals surface area contributed by atoms with Gasteiger partial charge in [-0.25, -0.2) is 13.8 Å². The second kappa shape index (κ2) is 12.2. The maximum absolute atomic E-state index is 14.6. The van der Waals surface area contributed by atoms with E-state index in [9.17, 15) is 8.78 Å². The number of morpholine rings is 1. The Morgan fingerprint density at radius 2 is 1.94 bits per heavy atom. The fourth-order valence-corrected chi connectivity index (χ4v) is 3.90. The van der Waals surface area contributed by atoms with Gasteiger partial charge in [0, 0.05) is 43.3 Å². The molecule has 0 unspecified atom stereocenters. The molecule has 0 spiro atoms. The molecule has 1 fully saturated rings. The molecule has 1 aliphatic rings. The quantitative estimate of drug-likeness (QED) is 0.227. The molecule has 178 valence electrons. The summed E-state index contributed by atoms with van der Waals surface area (Å²) in [6.45, 7) is 6.42. The number of hydrogen-bond donors (Lipinski definition) is 3. The van der Waals surface area contributed by atoms with Crippen molar-refractivity contribution in [1.29, 1.82) is 0 Å². The summed E-state index contributed by atoms with van der Waals surface area (Å²) in [5.41, 5.74) is 3.34. The Balaban J connectivity index is 0.00000306. The first-order valence-corrected chi connectivity index (χ1v) is 11.0. The lowest BCUT2D eigenvalue weighted by atomic mass is 10.1. The number of fused-ring (bicyclic) bond motifs is 1. The van der Waals surface area contributed by atoms with E-state index < -0.39 is 0 Å². The largest absolute Gasteiger partial charge is 0.378 e. The zero-order valence-corrected chi connectivity index (χ0v) is 21.0. The summed E-state index contributed by atoms with van der Waals surface area (Å²) in [6, 6.07) is 10.1. The molecule has 3 aromatic rings. The molecule has 0 radical (unpaired) electrons. The van der Waals surface area contributed by atoms with Gasteiger partial charge in [-0.2, -0.15) is 0 Å². The van der Waals surface area contributed by atoms with Gasteiger partial charge >= 0.3 is 0 Å². The summed E-state index contributed by atoms with van der Waals surface area (Å²) in [5.74, 6) is 0.199. The van der Waals surface area contributed by atoms with Crippen LogP contribution in [0.15, 0.2) is 47.6 Å². The highest BCUT2D eigenvalue weighted by molar-refractivity contribution is 14.0. The highest BCUT2D eigenvalue weighted by Crippen LogP contribution is 2.22. The maximum Gasteiger partial charge on any atom is 0.191 e. The normalized spacial score (nSPS) is 14.3. The van der Waals surface area contributed by atoms with E-state index in [1.807, 2.05) is 30.2 Å². The standard InChI is InChI=1S/C24H29F2N5O.HI/c1-2-27-24(28-8-7-18-16-29-22-14-19(25)4-5-20(18)22)30-15-17-3-6-23(21(26)13-17)31-9-11-32-12-10-31;/h3-6,13-14,16,29H,2,7-12,15H2,1H3,(H2,27,28,30);1H. The monoisotopic (exact) mass is 569 g/mol. The van der Waals surface area contributed by atoms with Gasteiger partial charge in [0.15, 0.2) is 5.96 Å². The lowest BCUT2D eigenvalue weighted by molar-refractivity contribution is 0.122. The third-order valence-corrected chi connectivity index (χ3v) is 5.54. The fourth-order valence-electron chi connectivity index (χ4n) is 3.90. The molecule has 33 heavy (non-hydrogen) atoms. The van der Waals surface area contributed by atoms with E-state index in [4.69, 9.17) is 4.74 Å². The van der Waals surface area contributed by atoms with Crippen molar-refractivity contribution in [1.82, 2.24) is 15.6 Å². The predicted molar refractivity (Wildman–Crippen MR) is 140 cm³/mol. The number of guanidine groups is 1. The Morgan fingerprint density at radius 1 is 1.12 bits per heavy atom. The van der Waals surface area contributed by atoms with Crippen LogP contribution in [0.5, 0.6) is 0 Å². The average molecular weight is 569 g/mol. The SMILES string of the molecule is CCNC(=NCc1ccc(N2CCOCC2)c(F)c1)NCCc1c[nH]c2cc(F)ccc12.I. The number of H-pyrrole nitrogens is 1. The summed E-state index contributed by atoms with van der Waals surface area (Å²) in [4.78, 5) is 9.72. The maximum atomic E-state index is 14.6. The van der Waals surface area contributed by atoms with Crippen molar-refractivity contribution in [2.24, 2.45) is 4.99 Å². The zero-order chi connectivity index (χ0) is 22.3. The van der Waals surface area contributed by atoms with Crippen LogP contribution in [0.25, 0.3) is 10.9 Å². The van der Waals surface area contributed by atoms with E-state index in [0.29, 0.717) is 51.0 Å². The molecule has 1 saturated heterocycles. The van der Waals surface area contributed by atoms with Crippen LogP contribution in [0.4, 0.5) is 14.5 Å². The van der Waals surface area contributed by atoms with Crippen LogP contribution in [0, 0.1) is 11.6 Å². The summed E-state index contributed by atoms with van der Waals surface area (Å²) in [5, 5.41) is 7.56. The van der Waals surface area contributed by atoms with E-state index >= 15 is 0 Å². The number of hydrogen-bond acceptors (Lipinski definition) is 3. The number of aromatic amines is 1. The van der Waals surface area contributed by atoms with Crippen molar-refractivity contribution in [2.75, 3.05) is 44.3 Å². The van der Waals surface area contributed by atoms with Gasteiger partial charge in [-0.05, 0) is 54.8 Å². The number of anilines is 1. The molecule has 0 saturated carbocycles. The van der Waals surface area contributed by atoms with Crippen LogP contribution in [0.1, 0.15) is 18.1 Å². The lowest BCUT2D eigenvalue weighted by Gasteiger charge is -2.29. The minimum Gasteiger partial charge on any atom is -0.378 e. The molecule has 1 aliphatic heterocycles. The number of nitrogens with one attached hydrogen (secondary N) is 3. The molecule has 0 aliphatic carbocycles. The first-order valence-electron chi connectivity index (χ1n) is 11.0. The molecule has 2 aromatic carbocycles. The van der Waals surface area contributed by atoms with Crippen molar-refractivity contribution in [3.63, 3.8) is 0 Å². The van der Waals surface area contributed by atoms with Gasteiger partial charge in [0.2, 0.25) is 0 Å². The number of ether oxygens (including phenoxy) is 1. The Kier molecular flexibility index (Phi) is 9.30. The molecular formula is C24H30F2IN5O. The number of halogens is 3. The van der Waals surface area contributed by atoms with E-state index in [2.05, 4.69) is 20.6 Å². The van der Waals surface area contributed by atoms with Crippen molar-refractivity contribution in [3.05, 3.63) is 65.4 Å². The average Bonchev–Trinajstić information content (AvgIpc) is 3.20. The Labute approximate surface area is 209 Å². The first-order chi connectivity index (χ1) is 15.6. The Hall–Kier alpha value is -2.40. The van der Waals surface area contributed by atoms with Crippen LogP contribution in [-0.4, -0.2) is 50.3 Å². The smallest absolute Gasteiger partial charge is 0.191 e. The predicted octanol–water partition coefficient (Wildman–Crippen LogP) is 4.20. The van der Waals surface area contributed by atoms with Crippen molar-refractivity contribution in [3.8, 4) is 0 Å². The molecule has 0 atom stereocenters. The molecule has 3 N–H and O–H groups in total. The second-order valence-electron chi connectivity index (χ2n) is 7.76. The van der Waals surface area contributed by atoms with Crippen LogP contribution in [0.3, 0.4) is 0 Å². The summed E-state index contributed by atoms with van der Waals surface area (Å²) >= 11 is 0. The summed E-state index contributed by atoms with van der Waals surface area (Å²) in [7, 11) is 0. The van der Waals surface area contributed by atoms with Gasteiger partial charge in [-0.15, -0.1) is 24.0 Å². The number of benzene rings is 2. The minimum atomic E-state index is -0.250. The number of rotatable bonds is 7. The Morgan fingerprint density at radius 3 is 2.70 bits per heavy atom. The zero-order valence-electron chi connectivity index (χ0n) is 18.7. The van der Waals surface area contributed by atoms with Crippen molar-refractivity contribution in [2.45, 2.75) is 19.9 Å². The highest BCUT2D eigenvalue weighted by atomic mass is 127. The third-order valence-electron chi connectivity index (χ3n) is 5.54. The molecule has 0 bridgehead atoms. The molecule has 2 heterocycles. The molecule has 9 heteroatoms. The number of nitrogens with zero attached hydrogens (tertiary/aromatic N) is 2. The summed E-state index contributed by atoms with van der Waals surface area (Å²) in [6.07, 6.45) is 2.67. The summed E-state index contributed by atoms with van der Waals surface area (Å²) < 4.78 is 33.3. The molecule has 4 rings (SSSR count). The van der Waals surface area contributed by atoms with Crippen LogP contribution in [-0.2, 0) is 17.7 Å². The van der Waals surface area contributed by atoms with Gasteiger partial charge < -0.3 is 25.3 Å². The van der Waals surface area contributed by atoms with Gasteiger partial charge in [0.1, 0.15) is 11.6 Å². The van der Waals surface area contributed by atoms with Crippen molar-refractivity contribution >= 4 is 46.5 Å². The van der Waals surface area contributed by atoms with Gasteiger partial charge in [-0.1, -0.05) is 6.07 Å². The fraction of sp³-hybridized carbons (Fsp3) is 0.375. The number of aliphatic imine (C=N–C) groups is 1. The first kappa shape index (κ1) is 25.2. The van der Waals surface area contributed by atoms with E-state index in [0.717, 1.165) is 35.0 Å². The van der Waals surface area contributed by atoms with E-state index in [-0.39, 0.29) is 35.6 Å². The van der Waals surface area contributed by atoms with Gasteiger partial charge in [0.05, 0.1) is 25.4 Å².